The first-order valence-corrected chi connectivity index (χ1v) is 19.6. The molecule has 0 radical (unpaired) electrons. The second kappa shape index (κ2) is 18.1. The van der Waals surface area contributed by atoms with E-state index in [0.29, 0.717) is 11.2 Å². The van der Waals surface area contributed by atoms with Gasteiger partial charge in [0, 0.05) is 6.04 Å². The third kappa shape index (κ3) is 11.5. The molecule has 0 bridgehead atoms. The first-order chi connectivity index (χ1) is 24.5. The summed E-state index contributed by atoms with van der Waals surface area (Å²) in [5.41, 5.74) is 1.10. The number of rotatable bonds is 17. The molecule has 1 aromatic carbocycles. The average molecular weight is 796 g/mol. The third-order valence-electron chi connectivity index (χ3n) is 6.97. The molecular weight excluding hydrogens is 756 g/mol. The molecular formula is C29H40ClN5O15P2. The number of nitrogens with one attached hydrogen (secondary N) is 1. The number of ether oxygens (including phenoxy) is 5. The summed E-state index contributed by atoms with van der Waals surface area (Å²) in [5.74, 6) is -1.00. The number of hydrogen-bond acceptors (Lipinski definition) is 18. The van der Waals surface area contributed by atoms with Crippen LogP contribution in [0.15, 0.2) is 36.5 Å². The second-order valence-electron chi connectivity index (χ2n) is 11.8. The fraction of sp³-hybridized carbons (Fsp3) is 0.552. The molecule has 20 nitrogen and oxygen atoms in total. The lowest BCUT2D eigenvalue weighted by molar-refractivity contribution is -0.0571. The number of halogens is 1. The number of nitrogens with zero attached hydrogens (tertiary/aromatic N) is 4. The van der Waals surface area contributed by atoms with E-state index in [2.05, 4.69) is 25.1 Å². The van der Waals surface area contributed by atoms with Gasteiger partial charge in [-0.05, 0) is 51.8 Å². The van der Waals surface area contributed by atoms with Crippen LogP contribution in [0.2, 0.25) is 5.28 Å². The summed E-state index contributed by atoms with van der Waals surface area (Å²) >= 11 is 6.24. The minimum absolute atomic E-state index is 0.137. The molecule has 23 heteroatoms. The highest BCUT2D eigenvalue weighted by molar-refractivity contribution is 7.70. The molecule has 0 aliphatic carbocycles. The van der Waals surface area contributed by atoms with Gasteiger partial charge in [0.1, 0.15) is 24.1 Å². The van der Waals surface area contributed by atoms with Crippen LogP contribution in [0.3, 0.4) is 0 Å². The van der Waals surface area contributed by atoms with E-state index in [1.807, 2.05) is 37.3 Å². The van der Waals surface area contributed by atoms with Gasteiger partial charge in [-0.2, -0.15) is 15.1 Å². The number of fused-ring (bicyclic) bond motifs is 1. The van der Waals surface area contributed by atoms with Crippen LogP contribution in [0.4, 0.5) is 15.4 Å². The number of hydrogen-bond donors (Lipinski definition) is 4. The van der Waals surface area contributed by atoms with E-state index >= 15 is 0 Å². The Balaban J connectivity index is 1.47. The van der Waals surface area contributed by atoms with Crippen LogP contribution in [0, 0.1) is 0 Å². The van der Waals surface area contributed by atoms with Gasteiger partial charge in [-0.1, -0.05) is 30.3 Å². The molecule has 0 spiro atoms. The molecule has 1 saturated heterocycles. The second-order valence-corrected chi connectivity index (χ2v) is 16.5. The van der Waals surface area contributed by atoms with E-state index in [0.717, 1.165) is 5.56 Å². The van der Waals surface area contributed by atoms with Crippen molar-refractivity contribution in [2.75, 3.05) is 31.4 Å². The van der Waals surface area contributed by atoms with E-state index in [1.54, 1.807) is 27.7 Å². The lowest BCUT2D eigenvalue weighted by atomic mass is 10.1. The molecule has 1 aliphatic heterocycles. The van der Waals surface area contributed by atoms with E-state index < -0.39 is 90.3 Å². The van der Waals surface area contributed by atoms with E-state index in [9.17, 15) is 33.8 Å². The van der Waals surface area contributed by atoms with Gasteiger partial charge in [-0.25, -0.2) is 14.3 Å². The summed E-state index contributed by atoms with van der Waals surface area (Å²) < 4.78 is 67.4. The van der Waals surface area contributed by atoms with Crippen molar-refractivity contribution >= 4 is 56.0 Å². The van der Waals surface area contributed by atoms with Crippen molar-refractivity contribution in [3.8, 4) is 0 Å². The first kappa shape index (κ1) is 41.3. The number of aliphatic hydroxyl groups excluding tert-OH is 2. The fourth-order valence-electron chi connectivity index (χ4n) is 4.62. The number of anilines is 1. The number of benzene rings is 1. The molecule has 2 aromatic heterocycles. The van der Waals surface area contributed by atoms with Crippen molar-refractivity contribution in [3.05, 3.63) is 47.4 Å². The molecule has 0 saturated carbocycles. The number of carbonyl (C=O) groups is 2. The molecule has 4 N–H and O–H groups in total. The van der Waals surface area contributed by atoms with Crippen LogP contribution >= 0.6 is 26.8 Å². The summed E-state index contributed by atoms with van der Waals surface area (Å²) in [4.78, 5) is 42.3. The minimum Gasteiger partial charge on any atom is -0.432 e. The minimum atomic E-state index is -4.92. The van der Waals surface area contributed by atoms with Crippen molar-refractivity contribution < 1.29 is 71.1 Å². The smallest absolute Gasteiger partial charge is 0.432 e. The van der Waals surface area contributed by atoms with Gasteiger partial charge < -0.3 is 48.6 Å². The molecule has 4 unspecified atom stereocenters. The third-order valence-corrected chi connectivity index (χ3v) is 11.5. The summed E-state index contributed by atoms with van der Waals surface area (Å²) in [7, 11) is -9.69. The fourth-order valence-corrected chi connectivity index (χ4v) is 8.40. The van der Waals surface area contributed by atoms with Crippen LogP contribution in [-0.2, 0) is 46.4 Å². The largest absolute Gasteiger partial charge is 0.510 e. The quantitative estimate of drug-likeness (QED) is 0.0625. The Kier molecular flexibility index (Phi) is 14.4. The molecule has 7 atom stereocenters. The van der Waals surface area contributed by atoms with E-state index in [4.69, 9.17) is 44.1 Å². The Hall–Kier alpha value is -3.42. The first-order valence-electron chi connectivity index (χ1n) is 15.7. The van der Waals surface area contributed by atoms with Gasteiger partial charge in [0.05, 0.1) is 30.4 Å². The number of aliphatic hydroxyl groups is 2. The predicted octanol–water partition coefficient (Wildman–Crippen LogP) is 4.70. The number of carbonyl (C=O) groups excluding carboxylic acids is 2. The molecule has 3 heterocycles. The standard InChI is InChI=1S/C29H40ClN5O15P2/c1-16(2)48-28(38)43-13-46-51(40,41)15-52(42,47-14-44-29(39)49-17(3)4)45-12-21-22(36)23(37)26(50-21)35-25-20(11-31-35)24(33-27(30)34-25)32-18(5)19-9-7-6-8-10-19/h6-11,16-18,21-23,26,36-37H,12-15H2,1-5H3,(H,40,41)(H,32,33,34)/t18-,21+,22+,23?,26?,52?/m0/s1. The van der Waals surface area contributed by atoms with Crippen molar-refractivity contribution in [3.63, 3.8) is 0 Å². The van der Waals surface area contributed by atoms with Crippen molar-refractivity contribution in [1.29, 1.82) is 0 Å². The highest BCUT2D eigenvalue weighted by Gasteiger charge is 2.47. The van der Waals surface area contributed by atoms with Crippen LogP contribution in [0.5, 0.6) is 0 Å². The predicted molar refractivity (Wildman–Crippen MR) is 180 cm³/mol. The van der Waals surface area contributed by atoms with Crippen molar-refractivity contribution in [2.24, 2.45) is 0 Å². The molecule has 4 rings (SSSR count). The normalized spacial score (nSPS) is 21.8. The van der Waals surface area contributed by atoms with Crippen molar-refractivity contribution in [2.45, 2.75) is 77.4 Å². The van der Waals surface area contributed by atoms with Crippen molar-refractivity contribution in [1.82, 2.24) is 19.7 Å². The Bertz CT molecular complexity index is 1770. The summed E-state index contributed by atoms with van der Waals surface area (Å²) in [6, 6.07) is 9.32. The van der Waals surface area contributed by atoms with Gasteiger partial charge in [0.2, 0.25) is 18.9 Å². The molecule has 1 fully saturated rings. The zero-order valence-electron chi connectivity index (χ0n) is 28.6. The molecule has 3 aromatic rings. The molecule has 52 heavy (non-hydrogen) atoms. The number of aromatic nitrogens is 4. The Labute approximate surface area is 302 Å². The summed E-state index contributed by atoms with van der Waals surface area (Å²) in [5, 5.41) is 29.6. The van der Waals surface area contributed by atoms with Gasteiger partial charge >= 0.3 is 27.5 Å². The average Bonchev–Trinajstić information content (AvgIpc) is 3.59. The monoisotopic (exact) mass is 795 g/mol. The maximum Gasteiger partial charge on any atom is 0.510 e. The maximum absolute atomic E-state index is 13.7. The SMILES string of the molecule is CC(C)OC(=O)OCOP(=O)(O)CP(=O)(OCOC(=O)OC(C)C)OC[C@H]1OC(n2ncc3c(N[C@@H](C)c4ccccc4)nc(Cl)nc32)C(O)[C@@H]1O. The highest BCUT2D eigenvalue weighted by Crippen LogP contribution is 2.61. The Morgan fingerprint density at radius 3 is 2.17 bits per heavy atom. The van der Waals surface area contributed by atoms with Crippen LogP contribution in [0.1, 0.15) is 52.5 Å². The zero-order chi connectivity index (χ0) is 38.2. The molecule has 288 valence electrons. The Morgan fingerprint density at radius 2 is 1.56 bits per heavy atom. The van der Waals surface area contributed by atoms with Crippen LogP contribution in [0.25, 0.3) is 11.0 Å². The molecule has 1 aliphatic rings. The van der Waals surface area contributed by atoms with E-state index in [-0.39, 0.29) is 17.0 Å². The van der Waals surface area contributed by atoms with Crippen LogP contribution < -0.4 is 5.32 Å². The summed E-state index contributed by atoms with van der Waals surface area (Å²) in [6.07, 6.45) is -8.24. The Morgan fingerprint density at radius 1 is 0.942 bits per heavy atom. The van der Waals surface area contributed by atoms with Gasteiger partial charge in [-0.15, -0.1) is 0 Å². The molecule has 0 amide bonds. The topological polar surface area (TPSA) is 258 Å². The summed E-state index contributed by atoms with van der Waals surface area (Å²) in [6.45, 7) is 5.16. The zero-order valence-corrected chi connectivity index (χ0v) is 31.2. The van der Waals surface area contributed by atoms with E-state index in [1.165, 1.54) is 10.9 Å². The van der Waals surface area contributed by atoms with Gasteiger partial charge in [0.15, 0.2) is 17.8 Å². The van der Waals surface area contributed by atoms with Gasteiger partial charge in [-0.3, -0.25) is 18.2 Å². The van der Waals surface area contributed by atoms with Gasteiger partial charge in [0.25, 0.3) is 0 Å². The lowest BCUT2D eigenvalue weighted by Gasteiger charge is -2.23. The maximum atomic E-state index is 13.7. The van der Waals surface area contributed by atoms with Crippen LogP contribution in [-0.4, -0.2) is 104 Å². The lowest BCUT2D eigenvalue weighted by Crippen LogP contribution is -2.34. The highest BCUT2D eigenvalue weighted by atomic mass is 35.5.